The van der Waals surface area contributed by atoms with Crippen LogP contribution < -0.4 is 5.32 Å². The van der Waals surface area contributed by atoms with Gasteiger partial charge in [-0.15, -0.1) is 0 Å². The van der Waals surface area contributed by atoms with E-state index in [4.69, 9.17) is 9.47 Å². The predicted molar refractivity (Wildman–Crippen MR) is 144 cm³/mol. The van der Waals surface area contributed by atoms with Crippen molar-refractivity contribution in [2.24, 2.45) is 17.8 Å². The SMILES string of the molecule is CC[C@H](C)[C@@H]([C@@H](CC(=O)OC(C)(C)C)OC)N(C)C(=O)[C@@H](NC(=O)C(C(C)C)N(C)CS)C(C)C. The highest BCUT2D eigenvalue weighted by atomic mass is 32.1. The van der Waals surface area contributed by atoms with Crippen molar-refractivity contribution in [2.45, 2.75) is 105 Å². The molecule has 0 saturated heterocycles. The van der Waals surface area contributed by atoms with Gasteiger partial charge in [0, 0.05) is 20.0 Å². The van der Waals surface area contributed by atoms with Gasteiger partial charge in [0.25, 0.3) is 0 Å². The molecule has 0 aromatic carbocycles. The highest BCUT2D eigenvalue weighted by Crippen LogP contribution is 2.24. The summed E-state index contributed by atoms with van der Waals surface area (Å²) in [6.45, 7) is 17.3. The Morgan fingerprint density at radius 1 is 1.00 bits per heavy atom. The molecule has 5 atom stereocenters. The Balaban J connectivity index is 5.94. The Hall–Kier alpha value is -1.32. The highest BCUT2D eigenvalue weighted by molar-refractivity contribution is 7.80. The number of esters is 1. The van der Waals surface area contributed by atoms with E-state index in [-0.39, 0.29) is 48.0 Å². The summed E-state index contributed by atoms with van der Waals surface area (Å²) in [5.41, 5.74) is -0.608. The molecule has 35 heavy (non-hydrogen) atoms. The molecule has 0 aliphatic carbocycles. The maximum atomic E-state index is 13.8. The number of carbonyl (C=O) groups is 3. The third kappa shape index (κ3) is 10.7. The standard InChI is InChI=1S/C26H51N3O5S/c1-13-18(6)23(19(33-12)14-20(30)34-26(7,8)9)29(11)25(32)21(16(2)3)27-24(31)22(17(4)5)28(10)15-35/h16-19,21-23,35H,13-15H2,1-12H3,(H,27,31)/t18-,19+,21-,22?,23-/m0/s1. The molecule has 8 nitrogen and oxygen atoms in total. The lowest BCUT2D eigenvalue weighted by Crippen LogP contribution is -2.59. The molecule has 0 bridgehead atoms. The van der Waals surface area contributed by atoms with Crippen LogP contribution in [0.15, 0.2) is 0 Å². The van der Waals surface area contributed by atoms with Crippen molar-refractivity contribution in [2.75, 3.05) is 27.1 Å². The number of nitrogens with zero attached hydrogens (tertiary/aromatic N) is 2. The first-order valence-corrected chi connectivity index (χ1v) is 13.3. The molecule has 0 spiro atoms. The van der Waals surface area contributed by atoms with Gasteiger partial charge in [-0.05, 0) is 45.6 Å². The van der Waals surface area contributed by atoms with E-state index in [1.807, 2.05) is 74.3 Å². The van der Waals surface area contributed by atoms with Crippen LogP contribution in [-0.2, 0) is 23.9 Å². The van der Waals surface area contributed by atoms with Crippen LogP contribution in [0.1, 0.15) is 75.2 Å². The molecule has 0 heterocycles. The molecule has 0 fully saturated rings. The van der Waals surface area contributed by atoms with Gasteiger partial charge in [-0.1, -0.05) is 48.0 Å². The second kappa shape index (κ2) is 15.1. The molecule has 0 saturated carbocycles. The first-order chi connectivity index (χ1) is 16.0. The van der Waals surface area contributed by atoms with Gasteiger partial charge in [0.1, 0.15) is 11.6 Å². The second-order valence-electron chi connectivity index (χ2n) is 11.2. The summed E-state index contributed by atoms with van der Waals surface area (Å²) in [7, 11) is 5.11. The van der Waals surface area contributed by atoms with Crippen LogP contribution in [-0.4, -0.2) is 84.5 Å². The second-order valence-corrected chi connectivity index (χ2v) is 11.5. The molecule has 0 aromatic rings. The number of rotatable bonds is 14. The van der Waals surface area contributed by atoms with Gasteiger partial charge in [0.2, 0.25) is 11.8 Å². The number of hydrogen-bond acceptors (Lipinski definition) is 7. The molecular weight excluding hydrogens is 466 g/mol. The first kappa shape index (κ1) is 33.7. The molecule has 1 unspecified atom stereocenters. The fourth-order valence-electron chi connectivity index (χ4n) is 4.35. The monoisotopic (exact) mass is 517 g/mol. The van der Waals surface area contributed by atoms with Crippen LogP contribution in [0.5, 0.6) is 0 Å². The minimum atomic E-state index is -0.715. The van der Waals surface area contributed by atoms with Gasteiger partial charge in [-0.3, -0.25) is 19.3 Å². The molecule has 9 heteroatoms. The minimum absolute atomic E-state index is 0.0290. The summed E-state index contributed by atoms with van der Waals surface area (Å²) in [4.78, 5) is 43.1. The predicted octanol–water partition coefficient (Wildman–Crippen LogP) is 3.59. The smallest absolute Gasteiger partial charge is 0.309 e. The summed E-state index contributed by atoms with van der Waals surface area (Å²) < 4.78 is 11.2. The number of methoxy groups -OCH3 is 1. The van der Waals surface area contributed by atoms with E-state index in [0.29, 0.717) is 5.88 Å². The molecule has 0 rings (SSSR count). The quantitative estimate of drug-likeness (QED) is 0.208. The zero-order valence-electron chi connectivity index (χ0n) is 24.0. The summed E-state index contributed by atoms with van der Waals surface area (Å²) in [5.74, 6) is -0.387. The van der Waals surface area contributed by atoms with Gasteiger partial charge >= 0.3 is 5.97 Å². The van der Waals surface area contributed by atoms with Crippen LogP contribution in [0, 0.1) is 17.8 Å². The molecule has 206 valence electrons. The fraction of sp³-hybridized carbons (Fsp3) is 0.885. The van der Waals surface area contributed by atoms with Crippen molar-refractivity contribution in [3.63, 3.8) is 0 Å². The van der Waals surface area contributed by atoms with E-state index in [9.17, 15) is 14.4 Å². The van der Waals surface area contributed by atoms with Crippen LogP contribution >= 0.6 is 12.6 Å². The van der Waals surface area contributed by atoms with E-state index < -0.39 is 23.8 Å². The van der Waals surface area contributed by atoms with Crippen LogP contribution in [0.4, 0.5) is 0 Å². The number of thiol groups is 1. The number of amides is 2. The normalized spacial score (nSPS) is 16.6. The number of likely N-dealkylation sites (N-methyl/N-ethyl adjacent to an activating group) is 2. The maximum absolute atomic E-state index is 13.8. The zero-order chi connectivity index (χ0) is 27.7. The molecular formula is C26H51N3O5S. The van der Waals surface area contributed by atoms with Crippen LogP contribution in [0.2, 0.25) is 0 Å². The Labute approximate surface area is 219 Å². The largest absolute Gasteiger partial charge is 0.460 e. The highest BCUT2D eigenvalue weighted by Gasteiger charge is 2.39. The Morgan fingerprint density at radius 2 is 1.54 bits per heavy atom. The summed E-state index contributed by atoms with van der Waals surface area (Å²) in [6, 6.07) is -1.49. The first-order valence-electron chi connectivity index (χ1n) is 12.6. The van der Waals surface area contributed by atoms with Gasteiger partial charge in [0.15, 0.2) is 0 Å². The molecule has 0 aromatic heterocycles. The molecule has 1 N–H and O–H groups in total. The number of nitrogens with one attached hydrogen (secondary N) is 1. The Morgan fingerprint density at radius 3 is 1.91 bits per heavy atom. The average molecular weight is 518 g/mol. The Kier molecular flexibility index (Phi) is 14.5. The summed E-state index contributed by atoms with van der Waals surface area (Å²) in [5, 5.41) is 3.00. The fourth-order valence-corrected chi connectivity index (χ4v) is 4.52. The van der Waals surface area contributed by atoms with Crippen molar-refractivity contribution < 1.29 is 23.9 Å². The lowest BCUT2D eigenvalue weighted by atomic mass is 9.90. The van der Waals surface area contributed by atoms with Gasteiger partial charge in [0.05, 0.1) is 24.6 Å². The van der Waals surface area contributed by atoms with Gasteiger partial charge in [-0.2, -0.15) is 12.6 Å². The molecule has 0 aliphatic heterocycles. The van der Waals surface area contributed by atoms with Crippen molar-refractivity contribution >= 4 is 30.4 Å². The van der Waals surface area contributed by atoms with Crippen molar-refractivity contribution in [1.29, 1.82) is 0 Å². The maximum Gasteiger partial charge on any atom is 0.309 e. The van der Waals surface area contributed by atoms with E-state index in [0.717, 1.165) is 6.42 Å². The molecule has 0 aliphatic rings. The summed E-state index contributed by atoms with van der Waals surface area (Å²) >= 11 is 4.31. The number of carbonyl (C=O) groups excluding carboxylic acids is 3. The Bertz CT molecular complexity index is 680. The summed E-state index contributed by atoms with van der Waals surface area (Å²) in [6.07, 6.45) is 0.273. The van der Waals surface area contributed by atoms with E-state index in [1.54, 1.807) is 19.1 Å². The van der Waals surface area contributed by atoms with Crippen molar-refractivity contribution in [1.82, 2.24) is 15.1 Å². The molecule has 0 radical (unpaired) electrons. The van der Waals surface area contributed by atoms with E-state index in [1.165, 1.54) is 0 Å². The van der Waals surface area contributed by atoms with Crippen molar-refractivity contribution in [3.8, 4) is 0 Å². The van der Waals surface area contributed by atoms with Gasteiger partial charge in [-0.25, -0.2) is 0 Å². The van der Waals surface area contributed by atoms with Crippen molar-refractivity contribution in [3.05, 3.63) is 0 Å². The van der Waals surface area contributed by atoms with E-state index >= 15 is 0 Å². The lowest BCUT2D eigenvalue weighted by Gasteiger charge is -2.40. The van der Waals surface area contributed by atoms with Gasteiger partial charge < -0.3 is 19.7 Å². The lowest BCUT2D eigenvalue weighted by molar-refractivity contribution is -0.161. The zero-order valence-corrected chi connectivity index (χ0v) is 24.9. The van der Waals surface area contributed by atoms with Crippen LogP contribution in [0.3, 0.4) is 0 Å². The number of hydrogen-bond donors (Lipinski definition) is 2. The minimum Gasteiger partial charge on any atom is -0.460 e. The average Bonchev–Trinajstić information content (AvgIpc) is 2.74. The third-order valence-electron chi connectivity index (χ3n) is 6.32. The molecule has 2 amide bonds. The topological polar surface area (TPSA) is 88.2 Å². The van der Waals surface area contributed by atoms with E-state index in [2.05, 4.69) is 17.9 Å². The van der Waals surface area contributed by atoms with Crippen LogP contribution in [0.25, 0.3) is 0 Å². The third-order valence-corrected chi connectivity index (χ3v) is 6.77. The number of ether oxygens (including phenoxy) is 2.